The van der Waals surface area contributed by atoms with Gasteiger partial charge in [-0.2, -0.15) is 5.10 Å². The Morgan fingerprint density at radius 2 is 1.74 bits per heavy atom. The van der Waals surface area contributed by atoms with Gasteiger partial charge in [0.1, 0.15) is 17.0 Å². The summed E-state index contributed by atoms with van der Waals surface area (Å²) in [5, 5.41) is 12.2. The maximum atomic E-state index is 14.6. The van der Waals surface area contributed by atoms with Gasteiger partial charge in [-0.25, -0.2) is 9.37 Å². The first-order chi connectivity index (χ1) is 19.2. The van der Waals surface area contributed by atoms with Crippen molar-refractivity contribution in [1.82, 2.24) is 35.5 Å². The van der Waals surface area contributed by atoms with Crippen molar-refractivity contribution in [2.75, 3.05) is 6.54 Å². The highest BCUT2D eigenvalue weighted by Crippen LogP contribution is 2.33. The first kappa shape index (κ1) is 23.7. The molecule has 1 aliphatic rings. The van der Waals surface area contributed by atoms with E-state index in [9.17, 15) is 4.39 Å². The van der Waals surface area contributed by atoms with E-state index in [1.807, 2.05) is 24.5 Å². The molecule has 1 aliphatic carbocycles. The van der Waals surface area contributed by atoms with E-state index in [0.717, 1.165) is 46.6 Å². The molecule has 1 saturated carbocycles. The molecule has 0 aliphatic heterocycles. The smallest absolute Gasteiger partial charge is 0.159 e. The van der Waals surface area contributed by atoms with Crippen molar-refractivity contribution >= 4 is 21.9 Å². The van der Waals surface area contributed by atoms with Crippen LogP contribution in [0.1, 0.15) is 31.2 Å². The summed E-state index contributed by atoms with van der Waals surface area (Å²) in [4.78, 5) is 17.0. The van der Waals surface area contributed by atoms with Crippen LogP contribution in [-0.4, -0.2) is 36.7 Å². The van der Waals surface area contributed by atoms with Crippen molar-refractivity contribution in [2.45, 2.75) is 32.2 Å². The van der Waals surface area contributed by atoms with E-state index in [-0.39, 0.29) is 5.82 Å². The molecule has 4 aromatic heterocycles. The minimum atomic E-state index is -0.309. The number of fused-ring (bicyclic) bond motifs is 2. The molecule has 7 nitrogen and oxygen atoms in total. The number of halogens is 1. The summed E-state index contributed by atoms with van der Waals surface area (Å²) in [5.41, 5.74) is 7.36. The highest BCUT2D eigenvalue weighted by atomic mass is 19.1. The summed E-state index contributed by atoms with van der Waals surface area (Å²) >= 11 is 0. The number of rotatable bonds is 7. The van der Waals surface area contributed by atoms with Gasteiger partial charge in [0.2, 0.25) is 0 Å². The number of nitrogens with one attached hydrogen (secondary N) is 3. The summed E-state index contributed by atoms with van der Waals surface area (Å²) in [6, 6.07) is 15.1. The lowest BCUT2D eigenvalue weighted by Gasteiger charge is -2.11. The number of imidazole rings is 1. The molecule has 8 heteroatoms. The Kier molecular flexibility index (Phi) is 6.09. The minimum absolute atomic E-state index is 0.309. The maximum Gasteiger partial charge on any atom is 0.159 e. The Hall–Kier alpha value is -4.43. The van der Waals surface area contributed by atoms with Crippen LogP contribution in [0.4, 0.5) is 4.39 Å². The first-order valence-electron chi connectivity index (χ1n) is 13.4. The van der Waals surface area contributed by atoms with E-state index >= 15 is 0 Å². The minimum Gasteiger partial charge on any atom is -0.335 e. The van der Waals surface area contributed by atoms with Crippen LogP contribution in [0.5, 0.6) is 0 Å². The van der Waals surface area contributed by atoms with Crippen LogP contribution in [0.25, 0.3) is 55.7 Å². The van der Waals surface area contributed by atoms with Gasteiger partial charge in [0.05, 0.1) is 17.2 Å². The predicted molar refractivity (Wildman–Crippen MR) is 151 cm³/mol. The quantitative estimate of drug-likeness (QED) is 0.220. The molecule has 39 heavy (non-hydrogen) atoms. The second kappa shape index (κ2) is 10.0. The Morgan fingerprint density at radius 1 is 0.872 bits per heavy atom. The largest absolute Gasteiger partial charge is 0.335 e. The number of pyridine rings is 2. The highest BCUT2D eigenvalue weighted by molar-refractivity contribution is 5.98. The van der Waals surface area contributed by atoms with Crippen molar-refractivity contribution in [3.05, 3.63) is 84.7 Å². The van der Waals surface area contributed by atoms with Crippen LogP contribution in [0.15, 0.2) is 73.3 Å². The zero-order chi connectivity index (χ0) is 26.2. The van der Waals surface area contributed by atoms with Crippen LogP contribution in [-0.2, 0) is 6.54 Å². The van der Waals surface area contributed by atoms with E-state index in [1.54, 1.807) is 24.5 Å². The number of H-pyrrole nitrogens is 2. The number of nitrogens with zero attached hydrogens (tertiary/aromatic N) is 4. The van der Waals surface area contributed by atoms with Crippen molar-refractivity contribution < 1.29 is 4.39 Å². The van der Waals surface area contributed by atoms with Crippen molar-refractivity contribution in [2.24, 2.45) is 5.92 Å². The van der Waals surface area contributed by atoms with Gasteiger partial charge in [0.15, 0.2) is 5.82 Å². The normalized spacial score (nSPS) is 14.1. The van der Waals surface area contributed by atoms with E-state index in [1.165, 1.54) is 37.3 Å². The molecule has 3 N–H and O–H groups in total. The van der Waals surface area contributed by atoms with Crippen molar-refractivity contribution in [1.29, 1.82) is 0 Å². The van der Waals surface area contributed by atoms with Gasteiger partial charge < -0.3 is 10.3 Å². The molecule has 7 rings (SSSR count). The van der Waals surface area contributed by atoms with Gasteiger partial charge >= 0.3 is 0 Å². The predicted octanol–water partition coefficient (Wildman–Crippen LogP) is 6.65. The second-order valence-corrected chi connectivity index (χ2v) is 10.3. The number of hydrogen-bond acceptors (Lipinski definition) is 5. The lowest BCUT2D eigenvalue weighted by Crippen LogP contribution is -2.20. The first-order valence-corrected chi connectivity index (χ1v) is 13.4. The summed E-state index contributed by atoms with van der Waals surface area (Å²) in [6.45, 7) is 1.88. The third-order valence-corrected chi connectivity index (χ3v) is 7.71. The zero-order valence-electron chi connectivity index (χ0n) is 21.4. The molecule has 0 unspecified atom stereocenters. The van der Waals surface area contributed by atoms with E-state index in [2.05, 4.69) is 48.7 Å². The number of aromatic nitrogens is 6. The molecular weight excluding hydrogens is 489 g/mol. The number of hydrogen-bond donors (Lipinski definition) is 3. The Morgan fingerprint density at radius 3 is 2.64 bits per heavy atom. The third kappa shape index (κ3) is 4.57. The van der Waals surface area contributed by atoms with Crippen molar-refractivity contribution in [3.8, 4) is 33.8 Å². The van der Waals surface area contributed by atoms with Gasteiger partial charge in [-0.1, -0.05) is 37.1 Å². The molecule has 4 heterocycles. The van der Waals surface area contributed by atoms with Crippen LogP contribution in [0.2, 0.25) is 0 Å². The molecule has 0 bridgehead atoms. The van der Waals surface area contributed by atoms with Gasteiger partial charge in [-0.05, 0) is 60.7 Å². The fourth-order valence-electron chi connectivity index (χ4n) is 5.67. The van der Waals surface area contributed by atoms with Gasteiger partial charge in [-0.3, -0.25) is 15.1 Å². The van der Waals surface area contributed by atoms with Crippen LogP contribution in [0, 0.1) is 11.7 Å². The summed E-state index contributed by atoms with van der Waals surface area (Å²) in [6.07, 6.45) is 12.6. The van der Waals surface area contributed by atoms with Gasteiger partial charge in [0, 0.05) is 47.2 Å². The van der Waals surface area contributed by atoms with Crippen LogP contribution >= 0.6 is 0 Å². The Bertz CT molecular complexity index is 1780. The molecular formula is C31H28FN7. The second-order valence-electron chi connectivity index (χ2n) is 10.3. The highest BCUT2D eigenvalue weighted by Gasteiger charge is 2.18. The third-order valence-electron chi connectivity index (χ3n) is 7.71. The number of aromatic amines is 2. The average molecular weight is 518 g/mol. The van der Waals surface area contributed by atoms with E-state index in [4.69, 9.17) is 4.98 Å². The molecule has 6 aromatic rings. The zero-order valence-corrected chi connectivity index (χ0v) is 21.4. The standard InChI is InChI=1S/C31H28FN7/c32-26-8-4-3-7-23(26)25-17-35-18-28-29(25)37-31(36-28)30-24-12-21(9-10-27(24)38-39-30)22-11-20(15-34-16-22)14-33-13-19-5-1-2-6-19/h3-4,7-12,15-19,33H,1-2,5-6,13-14H2,(H,36,37)(H,38,39). The molecule has 0 radical (unpaired) electrons. The fraction of sp³-hybridized carbons (Fsp3) is 0.226. The van der Waals surface area contributed by atoms with Crippen LogP contribution < -0.4 is 5.32 Å². The number of benzene rings is 2. The molecule has 2 aromatic carbocycles. The average Bonchev–Trinajstić information content (AvgIpc) is 3.73. The topological polar surface area (TPSA) is 95.2 Å². The molecule has 0 amide bonds. The van der Waals surface area contributed by atoms with E-state index < -0.39 is 0 Å². The maximum absolute atomic E-state index is 14.6. The van der Waals surface area contributed by atoms with Gasteiger partial charge in [0.25, 0.3) is 0 Å². The summed E-state index contributed by atoms with van der Waals surface area (Å²) < 4.78 is 14.6. The lowest BCUT2D eigenvalue weighted by atomic mass is 10.0. The molecule has 1 fully saturated rings. The van der Waals surface area contributed by atoms with Crippen LogP contribution in [0.3, 0.4) is 0 Å². The SMILES string of the molecule is Fc1ccccc1-c1cncc2[nH]c(-c3n[nH]c4ccc(-c5cncc(CNCC6CCCC6)c5)cc34)nc12. The summed E-state index contributed by atoms with van der Waals surface area (Å²) in [7, 11) is 0. The van der Waals surface area contributed by atoms with Gasteiger partial charge in [-0.15, -0.1) is 0 Å². The molecule has 0 saturated heterocycles. The fourth-order valence-corrected chi connectivity index (χ4v) is 5.67. The van der Waals surface area contributed by atoms with Crippen molar-refractivity contribution in [3.63, 3.8) is 0 Å². The monoisotopic (exact) mass is 517 g/mol. The Labute approximate surface area is 224 Å². The lowest BCUT2D eigenvalue weighted by molar-refractivity contribution is 0.489. The molecule has 194 valence electrons. The molecule has 0 spiro atoms. The Balaban J connectivity index is 1.21. The molecule has 0 atom stereocenters. The van der Waals surface area contributed by atoms with E-state index in [0.29, 0.717) is 28.2 Å². The summed E-state index contributed by atoms with van der Waals surface area (Å²) in [5.74, 6) is 1.10.